The van der Waals surface area contributed by atoms with Crippen LogP contribution in [-0.2, 0) is 4.79 Å². The molecule has 116 valence electrons. The molecule has 0 bridgehead atoms. The number of benzene rings is 1. The maximum absolute atomic E-state index is 12.4. The molecule has 0 aromatic heterocycles. The molecule has 0 aliphatic carbocycles. The van der Waals surface area contributed by atoms with Gasteiger partial charge in [-0.3, -0.25) is 4.79 Å². The minimum Gasteiger partial charge on any atom is -0.479 e. The van der Waals surface area contributed by atoms with E-state index in [1.807, 2.05) is 24.0 Å². The third kappa shape index (κ3) is 4.11. The second kappa shape index (κ2) is 7.14. The fourth-order valence-corrected chi connectivity index (χ4v) is 2.75. The molecule has 1 aromatic carbocycles. The van der Waals surface area contributed by atoms with Gasteiger partial charge < -0.3 is 15.4 Å². The zero-order valence-corrected chi connectivity index (χ0v) is 13.4. The molecule has 0 radical (unpaired) electrons. The molecule has 2 rings (SSSR count). The summed E-state index contributed by atoms with van der Waals surface area (Å²) in [6.07, 6.45) is 1.42. The molecule has 1 aliphatic heterocycles. The van der Waals surface area contributed by atoms with Crippen LogP contribution in [0.2, 0.25) is 5.02 Å². The van der Waals surface area contributed by atoms with Crippen molar-refractivity contribution >= 4 is 17.5 Å². The van der Waals surface area contributed by atoms with Crippen molar-refractivity contribution in [3.8, 4) is 5.75 Å². The van der Waals surface area contributed by atoms with Crippen LogP contribution in [0.4, 0.5) is 0 Å². The van der Waals surface area contributed by atoms with Gasteiger partial charge in [0.1, 0.15) is 5.75 Å². The number of nitrogens with two attached hydrogens (primary N) is 1. The highest BCUT2D eigenvalue weighted by atomic mass is 35.5. The standard InChI is InChI=1S/C16H23ClN2O2/c1-11-3-4-14(17)15(9-11)21-12(2)16(20)19-7-5-13(10-18)6-8-19/h3-4,9,12-13H,5-8,10,18H2,1-2H3. The van der Waals surface area contributed by atoms with Crippen molar-refractivity contribution in [1.82, 2.24) is 4.90 Å². The van der Waals surface area contributed by atoms with Crippen LogP contribution in [0, 0.1) is 12.8 Å². The van der Waals surface area contributed by atoms with Gasteiger partial charge in [0, 0.05) is 13.1 Å². The van der Waals surface area contributed by atoms with Crippen LogP contribution in [0.1, 0.15) is 25.3 Å². The highest BCUT2D eigenvalue weighted by Crippen LogP contribution is 2.27. The smallest absolute Gasteiger partial charge is 0.263 e. The van der Waals surface area contributed by atoms with Gasteiger partial charge in [-0.15, -0.1) is 0 Å². The molecule has 1 fully saturated rings. The zero-order valence-electron chi connectivity index (χ0n) is 12.6. The van der Waals surface area contributed by atoms with Crippen molar-refractivity contribution < 1.29 is 9.53 Å². The molecule has 4 nitrogen and oxygen atoms in total. The van der Waals surface area contributed by atoms with Gasteiger partial charge in [0.2, 0.25) is 0 Å². The van der Waals surface area contributed by atoms with Gasteiger partial charge in [0.25, 0.3) is 5.91 Å². The first kappa shape index (κ1) is 16.1. The van der Waals surface area contributed by atoms with Gasteiger partial charge in [-0.1, -0.05) is 17.7 Å². The van der Waals surface area contributed by atoms with E-state index in [0.29, 0.717) is 23.2 Å². The summed E-state index contributed by atoms with van der Waals surface area (Å²) >= 11 is 6.10. The number of rotatable bonds is 4. The van der Waals surface area contributed by atoms with E-state index in [1.54, 1.807) is 13.0 Å². The largest absolute Gasteiger partial charge is 0.479 e. The van der Waals surface area contributed by atoms with Crippen molar-refractivity contribution in [1.29, 1.82) is 0 Å². The number of hydrogen-bond donors (Lipinski definition) is 1. The lowest BCUT2D eigenvalue weighted by Gasteiger charge is -2.33. The fraction of sp³-hybridized carbons (Fsp3) is 0.562. The van der Waals surface area contributed by atoms with Crippen LogP contribution in [-0.4, -0.2) is 36.5 Å². The molecule has 1 aliphatic rings. The predicted molar refractivity (Wildman–Crippen MR) is 84.6 cm³/mol. The first-order valence-corrected chi connectivity index (χ1v) is 7.80. The van der Waals surface area contributed by atoms with Crippen molar-refractivity contribution in [3.63, 3.8) is 0 Å². The summed E-state index contributed by atoms with van der Waals surface area (Å²) in [7, 11) is 0. The Morgan fingerprint density at radius 2 is 2.14 bits per heavy atom. The summed E-state index contributed by atoms with van der Waals surface area (Å²) in [4.78, 5) is 14.3. The van der Waals surface area contributed by atoms with Gasteiger partial charge in [0.15, 0.2) is 6.10 Å². The first-order valence-electron chi connectivity index (χ1n) is 7.43. The monoisotopic (exact) mass is 310 g/mol. The summed E-state index contributed by atoms with van der Waals surface area (Å²) in [6, 6.07) is 5.56. The molecule has 1 unspecified atom stereocenters. The minimum absolute atomic E-state index is 0.0167. The van der Waals surface area contributed by atoms with E-state index in [0.717, 1.165) is 31.5 Å². The Labute approximate surface area is 131 Å². The van der Waals surface area contributed by atoms with Crippen molar-refractivity contribution in [2.24, 2.45) is 11.7 Å². The number of ether oxygens (including phenoxy) is 1. The molecule has 1 atom stereocenters. The van der Waals surface area contributed by atoms with Gasteiger partial charge in [-0.05, 0) is 56.8 Å². The summed E-state index contributed by atoms with van der Waals surface area (Å²) in [6.45, 7) is 5.96. The molecule has 1 aromatic rings. The summed E-state index contributed by atoms with van der Waals surface area (Å²) in [5.74, 6) is 1.12. The van der Waals surface area contributed by atoms with Crippen LogP contribution < -0.4 is 10.5 Å². The Morgan fingerprint density at radius 1 is 1.48 bits per heavy atom. The molecular formula is C16H23ClN2O2. The number of hydrogen-bond acceptors (Lipinski definition) is 3. The van der Waals surface area contributed by atoms with Gasteiger partial charge in [-0.2, -0.15) is 0 Å². The normalized spacial score (nSPS) is 17.6. The Morgan fingerprint density at radius 3 is 2.76 bits per heavy atom. The van der Waals surface area contributed by atoms with E-state index < -0.39 is 6.10 Å². The van der Waals surface area contributed by atoms with E-state index >= 15 is 0 Å². The van der Waals surface area contributed by atoms with Crippen LogP contribution in [0.3, 0.4) is 0 Å². The molecule has 0 saturated carbocycles. The summed E-state index contributed by atoms with van der Waals surface area (Å²) in [5, 5.41) is 0.530. The molecule has 21 heavy (non-hydrogen) atoms. The minimum atomic E-state index is -0.529. The van der Waals surface area contributed by atoms with Crippen molar-refractivity contribution in [2.75, 3.05) is 19.6 Å². The number of piperidine rings is 1. The Balaban J connectivity index is 1.95. The third-order valence-corrected chi connectivity index (χ3v) is 4.31. The first-order chi connectivity index (χ1) is 10.0. The summed E-state index contributed by atoms with van der Waals surface area (Å²) < 4.78 is 5.75. The van der Waals surface area contributed by atoms with E-state index in [4.69, 9.17) is 22.1 Å². The van der Waals surface area contributed by atoms with Gasteiger partial charge in [-0.25, -0.2) is 0 Å². The van der Waals surface area contributed by atoms with Crippen LogP contribution in [0.25, 0.3) is 0 Å². The number of nitrogens with zero attached hydrogens (tertiary/aromatic N) is 1. The molecule has 1 saturated heterocycles. The second-order valence-electron chi connectivity index (χ2n) is 5.70. The quantitative estimate of drug-likeness (QED) is 0.930. The predicted octanol–water partition coefficient (Wildman–Crippen LogP) is 2.61. The highest BCUT2D eigenvalue weighted by molar-refractivity contribution is 6.32. The zero-order chi connectivity index (χ0) is 15.4. The topological polar surface area (TPSA) is 55.6 Å². The van der Waals surface area contributed by atoms with Crippen LogP contribution >= 0.6 is 11.6 Å². The molecule has 2 N–H and O–H groups in total. The Hall–Kier alpha value is -1.26. The van der Waals surface area contributed by atoms with Gasteiger partial charge in [0.05, 0.1) is 5.02 Å². The Bertz CT molecular complexity index is 499. The number of aryl methyl sites for hydroxylation is 1. The van der Waals surface area contributed by atoms with Crippen LogP contribution in [0.5, 0.6) is 5.75 Å². The third-order valence-electron chi connectivity index (χ3n) is 4.00. The number of amides is 1. The maximum Gasteiger partial charge on any atom is 0.263 e. The maximum atomic E-state index is 12.4. The van der Waals surface area contributed by atoms with E-state index in [2.05, 4.69) is 0 Å². The highest BCUT2D eigenvalue weighted by Gasteiger charge is 2.26. The van der Waals surface area contributed by atoms with Crippen LogP contribution in [0.15, 0.2) is 18.2 Å². The number of likely N-dealkylation sites (tertiary alicyclic amines) is 1. The van der Waals surface area contributed by atoms with E-state index in [1.165, 1.54) is 0 Å². The number of halogens is 1. The fourth-order valence-electron chi connectivity index (χ4n) is 2.59. The number of carbonyl (C=O) groups excluding carboxylic acids is 1. The summed E-state index contributed by atoms with van der Waals surface area (Å²) in [5.41, 5.74) is 6.73. The van der Waals surface area contributed by atoms with E-state index in [9.17, 15) is 4.79 Å². The SMILES string of the molecule is Cc1ccc(Cl)c(OC(C)C(=O)N2CCC(CN)CC2)c1. The average Bonchev–Trinajstić information content (AvgIpc) is 2.50. The lowest BCUT2D eigenvalue weighted by Crippen LogP contribution is -2.45. The second-order valence-corrected chi connectivity index (χ2v) is 6.11. The average molecular weight is 311 g/mol. The van der Waals surface area contributed by atoms with Crippen molar-refractivity contribution in [2.45, 2.75) is 32.8 Å². The lowest BCUT2D eigenvalue weighted by molar-refractivity contribution is -0.139. The number of carbonyl (C=O) groups is 1. The molecule has 0 spiro atoms. The molecule has 1 heterocycles. The van der Waals surface area contributed by atoms with Crippen molar-refractivity contribution in [3.05, 3.63) is 28.8 Å². The molecule has 5 heteroatoms. The molecule has 1 amide bonds. The van der Waals surface area contributed by atoms with E-state index in [-0.39, 0.29) is 5.91 Å². The molecular weight excluding hydrogens is 288 g/mol. The lowest BCUT2D eigenvalue weighted by atomic mass is 9.97. The van der Waals surface area contributed by atoms with Gasteiger partial charge >= 0.3 is 0 Å². The Kier molecular flexibility index (Phi) is 5.48.